The zero-order valence-corrected chi connectivity index (χ0v) is 13.8. The van der Waals surface area contributed by atoms with Gasteiger partial charge in [0.05, 0.1) is 0 Å². The summed E-state index contributed by atoms with van der Waals surface area (Å²) in [6, 6.07) is 1.99. The lowest BCUT2D eigenvalue weighted by Crippen LogP contribution is -2.43. The van der Waals surface area contributed by atoms with Crippen molar-refractivity contribution < 1.29 is 4.79 Å². The summed E-state index contributed by atoms with van der Waals surface area (Å²) >= 11 is 0. The molecule has 21 heavy (non-hydrogen) atoms. The number of fused-ring (bicyclic) bond motifs is 1. The summed E-state index contributed by atoms with van der Waals surface area (Å²) in [7, 11) is 1.79. The third-order valence-electron chi connectivity index (χ3n) is 3.96. The zero-order valence-electron chi connectivity index (χ0n) is 13.8. The van der Waals surface area contributed by atoms with E-state index >= 15 is 0 Å². The first-order chi connectivity index (χ1) is 9.61. The molecule has 0 N–H and O–H groups in total. The molecule has 2 aromatic heterocycles. The Labute approximate surface area is 125 Å². The molecule has 0 saturated carbocycles. The van der Waals surface area contributed by atoms with Crippen molar-refractivity contribution in [3.8, 4) is 0 Å². The van der Waals surface area contributed by atoms with Gasteiger partial charge < -0.3 is 4.90 Å². The first-order valence-corrected chi connectivity index (χ1v) is 7.09. The highest BCUT2D eigenvalue weighted by Gasteiger charge is 2.29. The first kappa shape index (κ1) is 15.4. The summed E-state index contributed by atoms with van der Waals surface area (Å²) in [4.78, 5) is 22.8. The largest absolute Gasteiger partial charge is 0.336 e. The molecule has 1 atom stereocenters. The van der Waals surface area contributed by atoms with Gasteiger partial charge in [-0.3, -0.25) is 4.79 Å². The van der Waals surface area contributed by atoms with Crippen molar-refractivity contribution in [1.29, 1.82) is 0 Å². The Morgan fingerprint density at radius 1 is 1.29 bits per heavy atom. The average Bonchev–Trinajstić information content (AvgIpc) is 2.79. The molecule has 6 nitrogen and oxygen atoms in total. The first-order valence-electron chi connectivity index (χ1n) is 7.09. The minimum absolute atomic E-state index is 0.00563. The van der Waals surface area contributed by atoms with Crippen LogP contribution in [0.4, 0.5) is 0 Å². The van der Waals surface area contributed by atoms with Crippen LogP contribution < -0.4 is 0 Å². The molecule has 0 spiro atoms. The van der Waals surface area contributed by atoms with E-state index in [9.17, 15) is 4.79 Å². The number of hydrogen-bond donors (Lipinski definition) is 0. The van der Waals surface area contributed by atoms with Gasteiger partial charge in [-0.1, -0.05) is 20.8 Å². The number of carbonyl (C=O) groups excluding carboxylic acids is 1. The molecule has 0 aromatic carbocycles. The van der Waals surface area contributed by atoms with Gasteiger partial charge in [0.15, 0.2) is 0 Å². The number of aromatic nitrogens is 4. The van der Waals surface area contributed by atoms with Crippen LogP contribution in [0.2, 0.25) is 0 Å². The summed E-state index contributed by atoms with van der Waals surface area (Å²) in [6.07, 6.45) is 0. The van der Waals surface area contributed by atoms with Gasteiger partial charge in [0, 0.05) is 24.5 Å². The minimum atomic E-state index is -0.181. The third kappa shape index (κ3) is 2.89. The van der Waals surface area contributed by atoms with E-state index in [1.165, 1.54) is 0 Å². The molecule has 2 heterocycles. The maximum Gasteiger partial charge on any atom is 0.293 e. The van der Waals surface area contributed by atoms with Crippen molar-refractivity contribution >= 4 is 11.7 Å². The van der Waals surface area contributed by atoms with E-state index in [4.69, 9.17) is 0 Å². The monoisotopic (exact) mass is 289 g/mol. The Balaban J connectivity index is 2.38. The number of carbonyl (C=O) groups is 1. The summed E-state index contributed by atoms with van der Waals surface area (Å²) in [5.41, 5.74) is 1.77. The van der Waals surface area contributed by atoms with E-state index in [0.29, 0.717) is 5.78 Å². The SMILES string of the molecule is Cc1cc(C)n2nc(C(=O)N(C)[C@H](C)C(C)(C)C)nc2n1. The predicted octanol–water partition coefficient (Wildman–Crippen LogP) is 2.25. The second-order valence-electron chi connectivity index (χ2n) is 6.64. The number of nitrogens with zero attached hydrogens (tertiary/aromatic N) is 5. The Morgan fingerprint density at radius 3 is 2.48 bits per heavy atom. The molecule has 2 rings (SSSR count). The van der Waals surface area contributed by atoms with Gasteiger partial charge in [0.1, 0.15) is 0 Å². The van der Waals surface area contributed by atoms with Crippen LogP contribution in [0.1, 0.15) is 49.7 Å². The lowest BCUT2D eigenvalue weighted by Gasteiger charge is -2.34. The van der Waals surface area contributed by atoms with E-state index in [0.717, 1.165) is 11.4 Å². The molecule has 0 saturated heterocycles. The molecule has 6 heteroatoms. The van der Waals surface area contributed by atoms with Gasteiger partial charge in [-0.15, -0.1) is 5.10 Å². The highest BCUT2D eigenvalue weighted by molar-refractivity contribution is 5.91. The Morgan fingerprint density at radius 2 is 1.90 bits per heavy atom. The number of aryl methyl sites for hydroxylation is 2. The highest BCUT2D eigenvalue weighted by Crippen LogP contribution is 2.23. The van der Waals surface area contributed by atoms with E-state index in [1.807, 2.05) is 26.8 Å². The van der Waals surface area contributed by atoms with Crippen LogP contribution in [0.25, 0.3) is 5.78 Å². The lowest BCUT2D eigenvalue weighted by molar-refractivity contribution is 0.0617. The third-order valence-corrected chi connectivity index (χ3v) is 3.96. The number of hydrogen-bond acceptors (Lipinski definition) is 4. The Hall–Kier alpha value is -1.98. The molecule has 0 bridgehead atoms. The normalized spacial score (nSPS) is 13.5. The van der Waals surface area contributed by atoms with Gasteiger partial charge in [-0.05, 0) is 32.3 Å². The van der Waals surface area contributed by atoms with Crippen molar-refractivity contribution in [3.05, 3.63) is 23.3 Å². The predicted molar refractivity (Wildman–Crippen MR) is 81.3 cm³/mol. The van der Waals surface area contributed by atoms with Gasteiger partial charge in [-0.2, -0.15) is 4.98 Å². The molecule has 0 unspecified atom stereocenters. The molecule has 2 aromatic rings. The zero-order chi connectivity index (χ0) is 15.9. The minimum Gasteiger partial charge on any atom is -0.336 e. The quantitative estimate of drug-likeness (QED) is 0.850. The summed E-state index contributed by atoms with van der Waals surface area (Å²) in [5, 5.41) is 4.29. The van der Waals surface area contributed by atoms with Crippen LogP contribution in [0, 0.1) is 19.3 Å². The fourth-order valence-electron chi connectivity index (χ4n) is 2.17. The molecule has 114 valence electrons. The molecular formula is C15H23N5O. The fourth-order valence-corrected chi connectivity index (χ4v) is 2.17. The van der Waals surface area contributed by atoms with E-state index in [2.05, 4.69) is 35.8 Å². The van der Waals surface area contributed by atoms with Gasteiger partial charge in [0.25, 0.3) is 11.7 Å². The van der Waals surface area contributed by atoms with Crippen molar-refractivity contribution in [2.24, 2.45) is 5.41 Å². The highest BCUT2D eigenvalue weighted by atomic mass is 16.2. The molecular weight excluding hydrogens is 266 g/mol. The fraction of sp³-hybridized carbons (Fsp3) is 0.600. The number of rotatable bonds is 2. The van der Waals surface area contributed by atoms with E-state index in [-0.39, 0.29) is 23.2 Å². The molecule has 0 aliphatic carbocycles. The molecule has 0 fully saturated rings. The van der Waals surface area contributed by atoms with Crippen LogP contribution >= 0.6 is 0 Å². The van der Waals surface area contributed by atoms with Crippen molar-refractivity contribution in [3.63, 3.8) is 0 Å². The van der Waals surface area contributed by atoms with Crippen molar-refractivity contribution in [2.75, 3.05) is 7.05 Å². The summed E-state index contributed by atoms with van der Waals surface area (Å²) in [5.74, 6) is 0.474. The smallest absolute Gasteiger partial charge is 0.293 e. The second-order valence-corrected chi connectivity index (χ2v) is 6.64. The van der Waals surface area contributed by atoms with Crippen LogP contribution in [0.3, 0.4) is 0 Å². The second kappa shape index (κ2) is 5.09. The van der Waals surface area contributed by atoms with Crippen molar-refractivity contribution in [1.82, 2.24) is 24.5 Å². The standard InChI is InChI=1S/C15H23N5O/c1-9-8-10(2)20-14(16-9)17-12(18-20)13(21)19(7)11(3)15(4,5)6/h8,11H,1-7H3/t11-/m1/s1. The Bertz CT molecular complexity index is 683. The maximum atomic E-state index is 12.6. The Kier molecular flexibility index (Phi) is 3.74. The molecule has 0 radical (unpaired) electrons. The molecule has 0 aliphatic heterocycles. The van der Waals surface area contributed by atoms with Gasteiger partial charge in [0.2, 0.25) is 5.82 Å². The number of amides is 1. The van der Waals surface area contributed by atoms with E-state index in [1.54, 1.807) is 16.5 Å². The van der Waals surface area contributed by atoms with Gasteiger partial charge >= 0.3 is 0 Å². The van der Waals surface area contributed by atoms with Crippen LogP contribution in [0.5, 0.6) is 0 Å². The van der Waals surface area contributed by atoms with Crippen molar-refractivity contribution in [2.45, 2.75) is 47.6 Å². The van der Waals surface area contributed by atoms with Gasteiger partial charge in [-0.25, -0.2) is 9.50 Å². The maximum absolute atomic E-state index is 12.6. The van der Waals surface area contributed by atoms with Crippen LogP contribution in [-0.4, -0.2) is 43.5 Å². The summed E-state index contributed by atoms with van der Waals surface area (Å²) < 4.78 is 1.61. The molecule has 0 aliphatic rings. The molecule has 1 amide bonds. The topological polar surface area (TPSA) is 63.4 Å². The van der Waals surface area contributed by atoms with Crippen LogP contribution in [-0.2, 0) is 0 Å². The lowest BCUT2D eigenvalue weighted by atomic mass is 9.87. The van der Waals surface area contributed by atoms with E-state index < -0.39 is 0 Å². The van der Waals surface area contributed by atoms with Crippen LogP contribution in [0.15, 0.2) is 6.07 Å². The summed E-state index contributed by atoms with van der Waals surface area (Å²) in [6.45, 7) is 12.2. The average molecular weight is 289 g/mol.